The molecule has 148 valence electrons. The summed E-state index contributed by atoms with van der Waals surface area (Å²) in [7, 11) is 0. The average Bonchev–Trinajstić information content (AvgIpc) is 2.70. The number of benzene rings is 3. The molecule has 0 aliphatic heterocycles. The van der Waals surface area contributed by atoms with Crippen LogP contribution >= 0.6 is 23.2 Å². The van der Waals surface area contributed by atoms with Crippen molar-refractivity contribution in [2.24, 2.45) is 0 Å². The summed E-state index contributed by atoms with van der Waals surface area (Å²) in [5.41, 5.74) is 1.47. The molecule has 0 aromatic heterocycles. The lowest BCUT2D eigenvalue weighted by molar-refractivity contribution is -0.122. The zero-order chi connectivity index (χ0) is 20.8. The van der Waals surface area contributed by atoms with Gasteiger partial charge >= 0.3 is 0 Å². The highest BCUT2D eigenvalue weighted by Gasteiger charge is 2.16. The van der Waals surface area contributed by atoms with Crippen molar-refractivity contribution in [1.82, 2.24) is 0 Å². The molecule has 2 amide bonds. The van der Waals surface area contributed by atoms with Gasteiger partial charge in [-0.25, -0.2) is 0 Å². The molecule has 0 saturated carbocycles. The van der Waals surface area contributed by atoms with E-state index in [0.29, 0.717) is 32.7 Å². The van der Waals surface area contributed by atoms with Gasteiger partial charge in [-0.3, -0.25) is 9.59 Å². The Balaban J connectivity index is 1.63. The highest BCUT2D eigenvalue weighted by molar-refractivity contribution is 6.31. The van der Waals surface area contributed by atoms with E-state index in [1.165, 1.54) is 0 Å². The molecular weight excluding hydrogens is 411 g/mol. The lowest BCUT2D eigenvalue weighted by atomic mass is 10.1. The molecule has 3 rings (SSSR count). The summed E-state index contributed by atoms with van der Waals surface area (Å²) < 4.78 is 5.61. The number of carbonyl (C=O) groups excluding carboxylic acids is 2. The first-order chi connectivity index (χ1) is 13.9. The third-order valence-corrected chi connectivity index (χ3v) is 4.46. The van der Waals surface area contributed by atoms with E-state index in [0.717, 1.165) is 0 Å². The Morgan fingerprint density at radius 1 is 0.828 bits per heavy atom. The van der Waals surface area contributed by atoms with E-state index in [-0.39, 0.29) is 11.8 Å². The second-order valence-corrected chi connectivity index (χ2v) is 7.12. The number of anilines is 2. The van der Waals surface area contributed by atoms with Crippen LogP contribution in [0.4, 0.5) is 11.4 Å². The zero-order valence-electron chi connectivity index (χ0n) is 15.5. The van der Waals surface area contributed by atoms with Gasteiger partial charge in [0, 0.05) is 27.0 Å². The largest absolute Gasteiger partial charge is 0.481 e. The molecule has 29 heavy (non-hydrogen) atoms. The predicted octanol–water partition coefficient (Wildman–Crippen LogP) is 5.65. The summed E-state index contributed by atoms with van der Waals surface area (Å²) in [6, 6.07) is 20.2. The molecule has 1 atom stereocenters. The van der Waals surface area contributed by atoms with E-state index >= 15 is 0 Å². The molecule has 5 nitrogen and oxygen atoms in total. The monoisotopic (exact) mass is 428 g/mol. The quantitative estimate of drug-likeness (QED) is 0.532. The number of hydrogen-bond donors (Lipinski definition) is 2. The molecule has 0 saturated heterocycles. The Hall–Kier alpha value is -3.02. The van der Waals surface area contributed by atoms with Crippen LogP contribution in [0.25, 0.3) is 0 Å². The summed E-state index contributed by atoms with van der Waals surface area (Å²) in [5.74, 6) is -0.118. The van der Waals surface area contributed by atoms with Gasteiger partial charge in [-0.1, -0.05) is 35.3 Å². The number of carbonyl (C=O) groups is 2. The van der Waals surface area contributed by atoms with Crippen LogP contribution in [0.3, 0.4) is 0 Å². The number of nitrogens with one attached hydrogen (secondary N) is 2. The molecule has 7 heteroatoms. The van der Waals surface area contributed by atoms with Gasteiger partial charge in [0.25, 0.3) is 11.8 Å². The van der Waals surface area contributed by atoms with Gasteiger partial charge in [-0.15, -0.1) is 0 Å². The van der Waals surface area contributed by atoms with E-state index < -0.39 is 6.10 Å². The van der Waals surface area contributed by atoms with Crippen LogP contribution in [0.15, 0.2) is 72.8 Å². The van der Waals surface area contributed by atoms with Crippen molar-refractivity contribution in [3.05, 3.63) is 88.4 Å². The van der Waals surface area contributed by atoms with E-state index in [2.05, 4.69) is 10.6 Å². The fourth-order valence-electron chi connectivity index (χ4n) is 2.52. The molecule has 0 aliphatic carbocycles. The van der Waals surface area contributed by atoms with E-state index in [4.69, 9.17) is 27.9 Å². The highest BCUT2D eigenvalue weighted by atomic mass is 35.5. The highest BCUT2D eigenvalue weighted by Crippen LogP contribution is 2.19. The standard InChI is InChI=1S/C22H18Cl2N2O3/c1-14(29-20-10-8-16(23)9-11-20)21(27)25-18-6-2-4-15(12-18)22(28)26-19-7-3-5-17(24)13-19/h2-14H,1H3,(H,25,27)(H,26,28). The Morgan fingerprint density at radius 3 is 2.17 bits per heavy atom. The molecule has 0 radical (unpaired) electrons. The topological polar surface area (TPSA) is 67.4 Å². The number of hydrogen-bond acceptors (Lipinski definition) is 3. The van der Waals surface area contributed by atoms with Gasteiger partial charge in [-0.05, 0) is 67.6 Å². The molecule has 0 spiro atoms. The fraction of sp³-hybridized carbons (Fsp3) is 0.0909. The van der Waals surface area contributed by atoms with Crippen molar-refractivity contribution in [3.63, 3.8) is 0 Å². The Kier molecular flexibility index (Phi) is 6.75. The summed E-state index contributed by atoms with van der Waals surface area (Å²) in [4.78, 5) is 24.9. The molecule has 1 unspecified atom stereocenters. The molecular formula is C22H18Cl2N2O3. The molecule has 3 aromatic rings. The van der Waals surface area contributed by atoms with Gasteiger partial charge in [0.05, 0.1) is 0 Å². The number of ether oxygens (including phenoxy) is 1. The van der Waals surface area contributed by atoms with E-state index in [1.54, 1.807) is 79.7 Å². The third-order valence-electron chi connectivity index (χ3n) is 3.97. The maximum absolute atomic E-state index is 12.5. The van der Waals surface area contributed by atoms with Crippen LogP contribution in [0.2, 0.25) is 10.0 Å². The van der Waals surface area contributed by atoms with Crippen molar-refractivity contribution in [1.29, 1.82) is 0 Å². The van der Waals surface area contributed by atoms with Crippen molar-refractivity contribution in [3.8, 4) is 5.75 Å². The SMILES string of the molecule is CC(Oc1ccc(Cl)cc1)C(=O)Nc1cccc(C(=O)Nc2cccc(Cl)c2)c1. The number of halogens is 2. The van der Waals surface area contributed by atoms with Crippen LogP contribution in [0, 0.1) is 0 Å². The molecule has 3 aromatic carbocycles. The normalized spacial score (nSPS) is 11.4. The van der Waals surface area contributed by atoms with E-state index in [1.807, 2.05) is 0 Å². The maximum Gasteiger partial charge on any atom is 0.265 e. The van der Waals surface area contributed by atoms with Crippen LogP contribution in [-0.2, 0) is 4.79 Å². The van der Waals surface area contributed by atoms with Crippen LogP contribution in [0.5, 0.6) is 5.75 Å². The van der Waals surface area contributed by atoms with Crippen molar-refractivity contribution >= 4 is 46.4 Å². The smallest absolute Gasteiger partial charge is 0.265 e. The summed E-state index contributed by atoms with van der Waals surface area (Å²) in [6.45, 7) is 1.64. The second-order valence-electron chi connectivity index (χ2n) is 6.25. The van der Waals surface area contributed by atoms with Gasteiger partial charge in [0.15, 0.2) is 6.10 Å². The van der Waals surface area contributed by atoms with Crippen molar-refractivity contribution < 1.29 is 14.3 Å². The van der Waals surface area contributed by atoms with Crippen LogP contribution in [-0.4, -0.2) is 17.9 Å². The molecule has 2 N–H and O–H groups in total. The lowest BCUT2D eigenvalue weighted by Gasteiger charge is -2.15. The fourth-order valence-corrected chi connectivity index (χ4v) is 2.84. The Labute approximate surface area is 178 Å². The minimum absolute atomic E-state index is 0.311. The predicted molar refractivity (Wildman–Crippen MR) is 116 cm³/mol. The maximum atomic E-state index is 12.5. The Bertz CT molecular complexity index is 1020. The van der Waals surface area contributed by atoms with Gasteiger partial charge in [0.1, 0.15) is 5.75 Å². The minimum Gasteiger partial charge on any atom is -0.481 e. The first-order valence-electron chi connectivity index (χ1n) is 8.81. The third kappa shape index (κ3) is 5.98. The number of amides is 2. The first-order valence-corrected chi connectivity index (χ1v) is 9.56. The second kappa shape index (κ2) is 9.45. The average molecular weight is 429 g/mol. The summed E-state index contributed by atoms with van der Waals surface area (Å²) in [5, 5.41) is 6.63. The van der Waals surface area contributed by atoms with Crippen molar-refractivity contribution in [2.45, 2.75) is 13.0 Å². The van der Waals surface area contributed by atoms with Crippen molar-refractivity contribution in [2.75, 3.05) is 10.6 Å². The number of rotatable bonds is 6. The molecule has 0 aliphatic rings. The molecule has 0 fully saturated rings. The van der Waals surface area contributed by atoms with Gasteiger partial charge < -0.3 is 15.4 Å². The summed E-state index contributed by atoms with van der Waals surface area (Å²) in [6.07, 6.45) is -0.736. The molecule has 0 bridgehead atoms. The van der Waals surface area contributed by atoms with Crippen LogP contribution < -0.4 is 15.4 Å². The zero-order valence-corrected chi connectivity index (χ0v) is 17.0. The first kappa shape index (κ1) is 20.7. The Morgan fingerprint density at radius 2 is 1.48 bits per heavy atom. The summed E-state index contributed by atoms with van der Waals surface area (Å²) >= 11 is 11.8. The van der Waals surface area contributed by atoms with Crippen LogP contribution in [0.1, 0.15) is 17.3 Å². The minimum atomic E-state index is -0.736. The lowest BCUT2D eigenvalue weighted by Crippen LogP contribution is -2.30. The van der Waals surface area contributed by atoms with Gasteiger partial charge in [-0.2, -0.15) is 0 Å². The van der Waals surface area contributed by atoms with Gasteiger partial charge in [0.2, 0.25) is 0 Å². The van der Waals surface area contributed by atoms with E-state index in [9.17, 15) is 9.59 Å². The molecule has 0 heterocycles.